The standard InChI is InChI=1S/C20H28N2O5.ClH/c1-15(16-7-5-4-6-8-16)19(24)22(14-11-18(23)26-2)21-12-9-17(10-13-21)20(25)27-3;/h4-8,15,17H,9-14H2,1-3H3;1H. The zero-order valence-corrected chi connectivity index (χ0v) is 17.4. The van der Waals surface area contributed by atoms with Crippen LogP contribution in [0, 0.1) is 5.92 Å². The van der Waals surface area contributed by atoms with E-state index in [2.05, 4.69) is 0 Å². The summed E-state index contributed by atoms with van der Waals surface area (Å²) < 4.78 is 9.54. The number of ether oxygens (including phenoxy) is 2. The Kier molecular flexibility index (Phi) is 9.96. The van der Waals surface area contributed by atoms with E-state index in [1.807, 2.05) is 42.3 Å². The van der Waals surface area contributed by atoms with Gasteiger partial charge >= 0.3 is 11.9 Å². The second-order valence-corrected chi connectivity index (χ2v) is 6.67. The Morgan fingerprint density at radius 2 is 1.71 bits per heavy atom. The van der Waals surface area contributed by atoms with E-state index in [0.29, 0.717) is 25.9 Å². The predicted octanol–water partition coefficient (Wildman–Crippen LogP) is 2.40. The van der Waals surface area contributed by atoms with Crippen LogP contribution in [0.2, 0.25) is 0 Å². The molecule has 1 aliphatic rings. The monoisotopic (exact) mass is 412 g/mol. The van der Waals surface area contributed by atoms with Gasteiger partial charge in [0.05, 0.1) is 32.5 Å². The van der Waals surface area contributed by atoms with Crippen LogP contribution in [0.5, 0.6) is 0 Å². The minimum absolute atomic E-state index is 0. The van der Waals surface area contributed by atoms with Crippen molar-refractivity contribution < 1.29 is 23.9 Å². The van der Waals surface area contributed by atoms with Gasteiger partial charge in [-0.2, -0.15) is 0 Å². The predicted molar refractivity (Wildman–Crippen MR) is 107 cm³/mol. The lowest BCUT2D eigenvalue weighted by atomic mass is 9.97. The van der Waals surface area contributed by atoms with E-state index in [-0.39, 0.29) is 55.1 Å². The number of methoxy groups -OCH3 is 2. The SMILES string of the molecule is COC(=O)CCN(C(=O)C(C)c1ccccc1)N1CCC(C(=O)OC)CC1.Cl. The Hall–Kier alpha value is -2.12. The molecule has 28 heavy (non-hydrogen) atoms. The van der Waals surface area contributed by atoms with E-state index in [1.54, 1.807) is 5.01 Å². The van der Waals surface area contributed by atoms with Crippen LogP contribution in [-0.2, 0) is 23.9 Å². The fourth-order valence-corrected chi connectivity index (χ4v) is 3.31. The van der Waals surface area contributed by atoms with E-state index in [4.69, 9.17) is 9.47 Å². The zero-order chi connectivity index (χ0) is 19.8. The molecule has 7 nitrogen and oxygen atoms in total. The molecular formula is C20H29ClN2O5. The van der Waals surface area contributed by atoms with Crippen molar-refractivity contribution in [1.29, 1.82) is 0 Å². The van der Waals surface area contributed by atoms with Crippen molar-refractivity contribution in [2.24, 2.45) is 5.92 Å². The average molecular weight is 413 g/mol. The third kappa shape index (κ3) is 6.21. The van der Waals surface area contributed by atoms with Crippen LogP contribution in [-0.4, -0.2) is 61.7 Å². The first-order valence-electron chi connectivity index (χ1n) is 9.23. The molecule has 1 fully saturated rings. The Morgan fingerprint density at radius 3 is 2.25 bits per heavy atom. The van der Waals surface area contributed by atoms with Crippen molar-refractivity contribution in [2.75, 3.05) is 33.9 Å². The fraction of sp³-hybridized carbons (Fsp3) is 0.550. The highest BCUT2D eigenvalue weighted by Gasteiger charge is 2.32. The van der Waals surface area contributed by atoms with Crippen molar-refractivity contribution in [3.05, 3.63) is 35.9 Å². The maximum absolute atomic E-state index is 13.2. The highest BCUT2D eigenvalue weighted by Crippen LogP contribution is 2.24. The molecule has 0 saturated carbocycles. The number of esters is 2. The lowest BCUT2D eigenvalue weighted by Gasteiger charge is -2.40. The molecule has 0 bridgehead atoms. The summed E-state index contributed by atoms with van der Waals surface area (Å²) in [5.41, 5.74) is 0.926. The first-order valence-corrected chi connectivity index (χ1v) is 9.23. The van der Waals surface area contributed by atoms with Crippen molar-refractivity contribution in [3.8, 4) is 0 Å². The van der Waals surface area contributed by atoms with Crippen molar-refractivity contribution in [1.82, 2.24) is 10.0 Å². The topological polar surface area (TPSA) is 76.2 Å². The first-order chi connectivity index (χ1) is 13.0. The molecular weight excluding hydrogens is 384 g/mol. The van der Waals surface area contributed by atoms with Crippen LogP contribution >= 0.6 is 12.4 Å². The van der Waals surface area contributed by atoms with Crippen LogP contribution in [0.4, 0.5) is 0 Å². The number of carbonyl (C=O) groups excluding carboxylic acids is 3. The van der Waals surface area contributed by atoms with Gasteiger partial charge < -0.3 is 9.47 Å². The highest BCUT2D eigenvalue weighted by atomic mass is 35.5. The number of piperidine rings is 1. The molecule has 8 heteroatoms. The van der Waals surface area contributed by atoms with Gasteiger partial charge in [0.1, 0.15) is 0 Å². The van der Waals surface area contributed by atoms with Crippen LogP contribution in [0.1, 0.15) is 37.7 Å². The quantitative estimate of drug-likeness (QED) is 0.640. The number of nitrogens with zero attached hydrogens (tertiary/aromatic N) is 2. The molecule has 1 heterocycles. The molecule has 0 radical (unpaired) electrons. The molecule has 1 aliphatic heterocycles. The molecule has 0 aliphatic carbocycles. The number of hydrogen-bond acceptors (Lipinski definition) is 6. The summed E-state index contributed by atoms with van der Waals surface area (Å²) in [6.07, 6.45) is 1.36. The summed E-state index contributed by atoms with van der Waals surface area (Å²) >= 11 is 0. The van der Waals surface area contributed by atoms with Crippen LogP contribution in [0.15, 0.2) is 30.3 Å². The van der Waals surface area contributed by atoms with Gasteiger partial charge in [-0.15, -0.1) is 12.4 Å². The minimum atomic E-state index is -0.357. The van der Waals surface area contributed by atoms with E-state index in [1.165, 1.54) is 14.2 Å². The van der Waals surface area contributed by atoms with Crippen molar-refractivity contribution in [3.63, 3.8) is 0 Å². The molecule has 1 saturated heterocycles. The molecule has 1 aromatic rings. The fourth-order valence-electron chi connectivity index (χ4n) is 3.31. The molecule has 0 aromatic heterocycles. The Labute approximate surface area is 172 Å². The summed E-state index contributed by atoms with van der Waals surface area (Å²) in [7, 11) is 2.73. The largest absolute Gasteiger partial charge is 0.469 e. The van der Waals surface area contributed by atoms with E-state index < -0.39 is 0 Å². The summed E-state index contributed by atoms with van der Waals surface area (Å²) in [6, 6.07) is 9.56. The number of carbonyl (C=O) groups is 3. The van der Waals surface area contributed by atoms with E-state index in [9.17, 15) is 14.4 Å². The van der Waals surface area contributed by atoms with Crippen LogP contribution in [0.3, 0.4) is 0 Å². The number of benzene rings is 1. The van der Waals surface area contributed by atoms with Gasteiger partial charge in [0, 0.05) is 19.6 Å². The summed E-state index contributed by atoms with van der Waals surface area (Å²) in [4.78, 5) is 36.5. The van der Waals surface area contributed by atoms with Gasteiger partial charge in [-0.1, -0.05) is 30.3 Å². The van der Waals surface area contributed by atoms with Gasteiger partial charge in [-0.25, -0.2) is 5.01 Å². The molecule has 1 unspecified atom stereocenters. The number of hydrazine groups is 1. The van der Waals surface area contributed by atoms with Gasteiger partial charge in [0.2, 0.25) is 5.91 Å². The van der Waals surface area contributed by atoms with Crippen molar-refractivity contribution >= 4 is 30.3 Å². The third-order valence-corrected chi connectivity index (χ3v) is 5.03. The molecule has 1 amide bonds. The molecule has 1 aromatic carbocycles. The third-order valence-electron chi connectivity index (χ3n) is 5.03. The number of amides is 1. The number of rotatable bonds is 7. The van der Waals surface area contributed by atoms with Crippen molar-refractivity contribution in [2.45, 2.75) is 32.1 Å². The van der Waals surface area contributed by atoms with E-state index in [0.717, 1.165) is 5.56 Å². The average Bonchev–Trinajstić information content (AvgIpc) is 2.73. The molecule has 2 rings (SSSR count). The lowest BCUT2D eigenvalue weighted by Crippen LogP contribution is -2.52. The van der Waals surface area contributed by atoms with Gasteiger partial charge in [-0.05, 0) is 25.3 Å². The smallest absolute Gasteiger partial charge is 0.308 e. The molecule has 156 valence electrons. The normalized spacial score (nSPS) is 15.8. The maximum atomic E-state index is 13.2. The molecule has 1 atom stereocenters. The minimum Gasteiger partial charge on any atom is -0.469 e. The van der Waals surface area contributed by atoms with E-state index >= 15 is 0 Å². The Morgan fingerprint density at radius 1 is 1.11 bits per heavy atom. The number of halogens is 1. The summed E-state index contributed by atoms with van der Waals surface area (Å²) in [5.74, 6) is -1.11. The Bertz CT molecular complexity index is 647. The van der Waals surface area contributed by atoms with Gasteiger partial charge in [0.15, 0.2) is 0 Å². The highest BCUT2D eigenvalue weighted by molar-refractivity contribution is 5.85. The number of hydrogen-bond donors (Lipinski definition) is 0. The zero-order valence-electron chi connectivity index (χ0n) is 16.6. The Balaban J connectivity index is 0.00000392. The van der Waals surface area contributed by atoms with Crippen LogP contribution < -0.4 is 0 Å². The molecule has 0 N–H and O–H groups in total. The summed E-state index contributed by atoms with van der Waals surface area (Å²) in [5, 5.41) is 3.58. The van der Waals surface area contributed by atoms with Gasteiger partial charge in [-0.3, -0.25) is 19.4 Å². The molecule has 0 spiro atoms. The van der Waals surface area contributed by atoms with Crippen LogP contribution in [0.25, 0.3) is 0 Å². The lowest BCUT2D eigenvalue weighted by molar-refractivity contribution is -0.159. The second-order valence-electron chi connectivity index (χ2n) is 6.67. The first kappa shape index (κ1) is 23.9. The second kappa shape index (κ2) is 11.7. The summed E-state index contributed by atoms with van der Waals surface area (Å²) in [6.45, 7) is 3.25. The maximum Gasteiger partial charge on any atom is 0.308 e. The van der Waals surface area contributed by atoms with Gasteiger partial charge in [0.25, 0.3) is 0 Å².